The number of nitrogens with one attached hydrogen (secondary N) is 2. The fourth-order valence-corrected chi connectivity index (χ4v) is 3.67. The van der Waals surface area contributed by atoms with E-state index in [1.165, 1.54) is 0 Å². The molecule has 2 amide bonds. The number of hydrogen-bond acceptors (Lipinski definition) is 6. The van der Waals surface area contributed by atoms with Gasteiger partial charge in [-0.05, 0) is 32.0 Å². The number of amides is 2. The second-order valence-corrected chi connectivity index (χ2v) is 7.75. The predicted octanol–water partition coefficient (Wildman–Crippen LogP) is 1.54. The van der Waals surface area contributed by atoms with Gasteiger partial charge in [-0.3, -0.25) is 9.59 Å². The summed E-state index contributed by atoms with van der Waals surface area (Å²) in [5.74, 6) is 0.974. The van der Waals surface area contributed by atoms with E-state index in [9.17, 15) is 9.59 Å². The van der Waals surface area contributed by atoms with Crippen molar-refractivity contribution < 1.29 is 23.8 Å². The Morgan fingerprint density at radius 2 is 1.97 bits per heavy atom. The Morgan fingerprint density at radius 1 is 1.20 bits per heavy atom. The Labute approximate surface area is 179 Å². The van der Waals surface area contributed by atoms with Crippen molar-refractivity contribution in [3.63, 3.8) is 0 Å². The van der Waals surface area contributed by atoms with Crippen molar-refractivity contribution >= 4 is 11.8 Å². The molecule has 8 heteroatoms. The monoisotopic (exact) mass is 421 g/mol. The molecule has 0 saturated carbocycles. The van der Waals surface area contributed by atoms with Crippen molar-refractivity contribution in [2.75, 3.05) is 54.1 Å². The average molecular weight is 422 g/mol. The molecule has 0 radical (unpaired) electrons. The molecule has 2 N–H and O–H groups in total. The first-order chi connectivity index (χ1) is 14.4. The summed E-state index contributed by atoms with van der Waals surface area (Å²) in [5.41, 5.74) is 0.536. The van der Waals surface area contributed by atoms with Gasteiger partial charge < -0.3 is 29.7 Å². The summed E-state index contributed by atoms with van der Waals surface area (Å²) >= 11 is 0. The Balaban J connectivity index is 2.17. The Hall–Kier alpha value is -2.32. The minimum Gasteiger partial charge on any atom is -0.493 e. The van der Waals surface area contributed by atoms with Crippen LogP contribution in [0.4, 0.5) is 0 Å². The van der Waals surface area contributed by atoms with Gasteiger partial charge in [-0.2, -0.15) is 0 Å². The SMILES string of the molecule is CNC(=O)[C@@H]1CNC[C@H]1CN(C(=O)c1ccc(OC)c(OCCCOC)c1)C(C)C. The standard InChI is InChI=1S/C22H35N3O5/c1-15(2)25(14-17-12-24-13-18(17)21(26)23-3)22(27)16-7-8-19(29-5)20(11-16)30-10-6-9-28-4/h7-8,11,15,17-18,24H,6,9-10,12-14H2,1-5H3,(H,23,26)/t17-,18+/m0/s1. The largest absolute Gasteiger partial charge is 0.493 e. The topological polar surface area (TPSA) is 89.1 Å². The van der Waals surface area contributed by atoms with Crippen LogP contribution in [-0.2, 0) is 9.53 Å². The molecule has 1 aromatic rings. The zero-order valence-electron chi connectivity index (χ0n) is 18.7. The minimum absolute atomic E-state index is 0.00314. The van der Waals surface area contributed by atoms with Gasteiger partial charge in [-0.15, -0.1) is 0 Å². The molecule has 1 aromatic carbocycles. The van der Waals surface area contributed by atoms with Crippen LogP contribution in [0.1, 0.15) is 30.6 Å². The first-order valence-corrected chi connectivity index (χ1v) is 10.5. The molecule has 8 nitrogen and oxygen atoms in total. The fraction of sp³-hybridized carbons (Fsp3) is 0.636. The van der Waals surface area contributed by atoms with Crippen LogP contribution in [0.25, 0.3) is 0 Å². The van der Waals surface area contributed by atoms with Gasteiger partial charge in [0.05, 0.1) is 19.6 Å². The highest BCUT2D eigenvalue weighted by Gasteiger charge is 2.35. The molecule has 1 fully saturated rings. The number of rotatable bonds is 11. The summed E-state index contributed by atoms with van der Waals surface area (Å²) in [6, 6.07) is 5.23. The number of carbonyl (C=O) groups excluding carboxylic acids is 2. The molecule has 1 aliphatic rings. The highest BCUT2D eigenvalue weighted by atomic mass is 16.5. The second kappa shape index (κ2) is 11.8. The maximum absolute atomic E-state index is 13.3. The van der Waals surface area contributed by atoms with Crippen molar-refractivity contribution in [1.29, 1.82) is 0 Å². The highest BCUT2D eigenvalue weighted by Crippen LogP contribution is 2.29. The maximum Gasteiger partial charge on any atom is 0.254 e. The van der Waals surface area contributed by atoms with Gasteiger partial charge >= 0.3 is 0 Å². The molecule has 168 valence electrons. The van der Waals surface area contributed by atoms with Crippen LogP contribution in [0.3, 0.4) is 0 Å². The van der Waals surface area contributed by atoms with Crippen LogP contribution in [0.5, 0.6) is 11.5 Å². The van der Waals surface area contributed by atoms with Crippen LogP contribution in [0.15, 0.2) is 18.2 Å². The van der Waals surface area contributed by atoms with E-state index >= 15 is 0 Å². The molecule has 2 rings (SSSR count). The van der Waals surface area contributed by atoms with E-state index in [4.69, 9.17) is 14.2 Å². The van der Waals surface area contributed by atoms with E-state index in [0.29, 0.717) is 49.9 Å². The lowest BCUT2D eigenvalue weighted by atomic mass is 9.94. The molecular weight excluding hydrogens is 386 g/mol. The van der Waals surface area contributed by atoms with Gasteiger partial charge in [0.15, 0.2) is 11.5 Å². The van der Waals surface area contributed by atoms with Gasteiger partial charge in [0.1, 0.15) is 0 Å². The zero-order chi connectivity index (χ0) is 22.1. The Morgan fingerprint density at radius 3 is 2.60 bits per heavy atom. The molecular formula is C22H35N3O5. The van der Waals surface area contributed by atoms with Crippen molar-refractivity contribution in [3.05, 3.63) is 23.8 Å². The summed E-state index contributed by atoms with van der Waals surface area (Å²) in [6.07, 6.45) is 0.742. The molecule has 0 bridgehead atoms. The molecule has 2 atom stereocenters. The number of carbonyl (C=O) groups is 2. The number of methoxy groups -OCH3 is 2. The summed E-state index contributed by atoms with van der Waals surface area (Å²) < 4.78 is 16.2. The fourth-order valence-electron chi connectivity index (χ4n) is 3.67. The van der Waals surface area contributed by atoms with Gasteiger partial charge in [0.25, 0.3) is 5.91 Å². The third-order valence-corrected chi connectivity index (χ3v) is 5.40. The van der Waals surface area contributed by atoms with E-state index in [1.807, 2.05) is 18.7 Å². The van der Waals surface area contributed by atoms with Gasteiger partial charge in [-0.25, -0.2) is 0 Å². The third kappa shape index (κ3) is 6.09. The Kier molecular flexibility index (Phi) is 9.39. The third-order valence-electron chi connectivity index (χ3n) is 5.40. The van der Waals surface area contributed by atoms with Crippen LogP contribution < -0.4 is 20.1 Å². The molecule has 1 aliphatic heterocycles. The Bertz CT molecular complexity index is 710. The van der Waals surface area contributed by atoms with Crippen LogP contribution >= 0.6 is 0 Å². The van der Waals surface area contributed by atoms with E-state index in [2.05, 4.69) is 10.6 Å². The smallest absolute Gasteiger partial charge is 0.254 e. The van der Waals surface area contributed by atoms with E-state index in [1.54, 1.807) is 39.5 Å². The number of ether oxygens (including phenoxy) is 3. The summed E-state index contributed by atoms with van der Waals surface area (Å²) in [6.45, 7) is 6.90. The quantitative estimate of drug-likeness (QED) is 0.527. The molecule has 0 unspecified atom stereocenters. The van der Waals surface area contributed by atoms with Gasteiger partial charge in [0.2, 0.25) is 5.91 Å². The zero-order valence-corrected chi connectivity index (χ0v) is 18.7. The van der Waals surface area contributed by atoms with Crippen LogP contribution in [0, 0.1) is 11.8 Å². The van der Waals surface area contributed by atoms with Crippen LogP contribution in [0.2, 0.25) is 0 Å². The van der Waals surface area contributed by atoms with E-state index in [0.717, 1.165) is 6.42 Å². The molecule has 1 saturated heterocycles. The average Bonchev–Trinajstić information content (AvgIpc) is 3.22. The van der Waals surface area contributed by atoms with Crippen molar-refractivity contribution in [2.45, 2.75) is 26.3 Å². The number of hydrogen-bond donors (Lipinski definition) is 2. The molecule has 0 aliphatic carbocycles. The molecule has 0 spiro atoms. The van der Waals surface area contributed by atoms with E-state index in [-0.39, 0.29) is 29.7 Å². The lowest BCUT2D eigenvalue weighted by molar-refractivity contribution is -0.125. The first kappa shape index (κ1) is 24.0. The number of nitrogens with zero attached hydrogens (tertiary/aromatic N) is 1. The summed E-state index contributed by atoms with van der Waals surface area (Å²) in [7, 11) is 4.87. The normalized spacial score (nSPS) is 18.3. The van der Waals surface area contributed by atoms with Crippen molar-refractivity contribution in [2.24, 2.45) is 11.8 Å². The summed E-state index contributed by atoms with van der Waals surface area (Å²) in [5, 5.41) is 6.00. The van der Waals surface area contributed by atoms with Crippen molar-refractivity contribution in [1.82, 2.24) is 15.5 Å². The van der Waals surface area contributed by atoms with E-state index < -0.39 is 0 Å². The molecule has 0 aromatic heterocycles. The van der Waals surface area contributed by atoms with Gasteiger partial charge in [-0.1, -0.05) is 0 Å². The predicted molar refractivity (Wildman–Crippen MR) is 115 cm³/mol. The summed E-state index contributed by atoms with van der Waals surface area (Å²) in [4.78, 5) is 27.3. The maximum atomic E-state index is 13.3. The highest BCUT2D eigenvalue weighted by molar-refractivity contribution is 5.95. The number of benzene rings is 1. The lowest BCUT2D eigenvalue weighted by Crippen LogP contribution is -2.44. The van der Waals surface area contributed by atoms with Crippen molar-refractivity contribution in [3.8, 4) is 11.5 Å². The minimum atomic E-state index is -0.139. The lowest BCUT2D eigenvalue weighted by Gasteiger charge is -2.31. The molecule has 1 heterocycles. The molecule has 30 heavy (non-hydrogen) atoms. The second-order valence-electron chi connectivity index (χ2n) is 7.75. The first-order valence-electron chi connectivity index (χ1n) is 10.5. The van der Waals surface area contributed by atoms with Crippen LogP contribution in [-0.4, -0.2) is 76.9 Å². The van der Waals surface area contributed by atoms with Gasteiger partial charge in [0, 0.05) is 64.3 Å².